The van der Waals surface area contributed by atoms with Gasteiger partial charge in [0, 0.05) is 13.6 Å². The Labute approximate surface area is 93.2 Å². The van der Waals surface area contributed by atoms with E-state index in [2.05, 4.69) is 21.2 Å². The van der Waals surface area contributed by atoms with E-state index in [9.17, 15) is 9.59 Å². The molecule has 0 aliphatic rings. The van der Waals surface area contributed by atoms with Gasteiger partial charge in [0.15, 0.2) is 0 Å². The monoisotopic (exact) mass is 264 g/mol. The molecule has 0 aliphatic heterocycles. The van der Waals surface area contributed by atoms with Crippen molar-refractivity contribution in [3.8, 4) is 0 Å². The topological polar surface area (TPSA) is 49.4 Å². The first kappa shape index (κ1) is 13.4. The Hall–Kier alpha value is -0.580. The molecule has 2 unspecified atom stereocenters. The molecule has 14 heavy (non-hydrogen) atoms. The van der Waals surface area contributed by atoms with E-state index in [1.165, 1.54) is 0 Å². The van der Waals surface area contributed by atoms with Crippen LogP contribution in [-0.2, 0) is 9.59 Å². The third-order valence-corrected chi connectivity index (χ3v) is 2.36. The van der Waals surface area contributed by atoms with Crippen molar-refractivity contribution in [2.24, 2.45) is 0 Å². The molecule has 0 saturated heterocycles. The van der Waals surface area contributed by atoms with Gasteiger partial charge in [-0.2, -0.15) is 0 Å². The quantitative estimate of drug-likeness (QED) is 0.763. The number of likely N-dealkylation sites (N-methyl/N-ethyl adjacent to an activating group) is 1. The molecule has 0 aliphatic carbocycles. The molecule has 0 aromatic carbocycles. The molecule has 0 aromatic rings. The molecule has 5 heteroatoms. The van der Waals surface area contributed by atoms with E-state index >= 15 is 0 Å². The fourth-order valence-corrected chi connectivity index (χ4v) is 1.01. The fraction of sp³-hybridized carbons (Fsp3) is 0.778. The van der Waals surface area contributed by atoms with Crippen molar-refractivity contribution in [3.05, 3.63) is 0 Å². The smallest absolute Gasteiger partial charge is 0.244 e. The molecular weight excluding hydrogens is 248 g/mol. The normalized spacial score (nSPS) is 14.4. The lowest BCUT2D eigenvalue weighted by Crippen LogP contribution is -2.47. The summed E-state index contributed by atoms with van der Waals surface area (Å²) in [5.41, 5.74) is 0. The zero-order valence-electron chi connectivity index (χ0n) is 9.00. The highest BCUT2D eigenvalue weighted by atomic mass is 79.9. The number of nitrogens with zero attached hydrogens (tertiary/aromatic N) is 1. The maximum Gasteiger partial charge on any atom is 0.244 e. The zero-order valence-corrected chi connectivity index (χ0v) is 10.6. The van der Waals surface area contributed by atoms with Crippen LogP contribution in [0.1, 0.15) is 20.8 Å². The predicted octanol–water partition coefficient (Wildman–Crippen LogP) is 0.753. The molecule has 0 rings (SSSR count). The van der Waals surface area contributed by atoms with Gasteiger partial charge >= 0.3 is 0 Å². The van der Waals surface area contributed by atoms with E-state index in [-0.39, 0.29) is 16.6 Å². The molecule has 0 heterocycles. The highest BCUT2D eigenvalue weighted by Crippen LogP contribution is 1.98. The summed E-state index contributed by atoms with van der Waals surface area (Å²) >= 11 is 3.13. The number of nitrogens with one attached hydrogen (secondary N) is 1. The van der Waals surface area contributed by atoms with Gasteiger partial charge in [0.05, 0.1) is 4.83 Å². The van der Waals surface area contributed by atoms with Crippen LogP contribution in [0.2, 0.25) is 0 Å². The number of halogens is 1. The van der Waals surface area contributed by atoms with Crippen LogP contribution in [0.3, 0.4) is 0 Å². The largest absolute Gasteiger partial charge is 0.344 e. The van der Waals surface area contributed by atoms with Crippen LogP contribution in [-0.4, -0.2) is 41.2 Å². The Morgan fingerprint density at radius 3 is 2.29 bits per heavy atom. The molecule has 0 aromatic heterocycles. The molecule has 4 nitrogen and oxygen atoms in total. The van der Waals surface area contributed by atoms with Gasteiger partial charge < -0.3 is 10.2 Å². The molecule has 0 fully saturated rings. The second kappa shape index (κ2) is 6.01. The van der Waals surface area contributed by atoms with Crippen molar-refractivity contribution in [2.75, 3.05) is 13.6 Å². The lowest BCUT2D eigenvalue weighted by atomic mass is 10.3. The number of alkyl halides is 1. The number of hydrogen-bond acceptors (Lipinski definition) is 2. The standard InChI is InChI=1S/C9H17BrN2O2/c1-5-12(4)9(14)7(3)11-8(13)6(2)10/h6-7H,5H2,1-4H3,(H,11,13). The first-order chi connectivity index (χ1) is 6.40. The van der Waals surface area contributed by atoms with Crippen LogP contribution in [0.25, 0.3) is 0 Å². The minimum atomic E-state index is -0.465. The highest BCUT2D eigenvalue weighted by Gasteiger charge is 2.19. The van der Waals surface area contributed by atoms with Gasteiger partial charge in [-0.1, -0.05) is 15.9 Å². The second-order valence-electron chi connectivity index (χ2n) is 3.20. The van der Waals surface area contributed by atoms with Gasteiger partial charge in [-0.25, -0.2) is 0 Å². The number of amides is 2. The highest BCUT2D eigenvalue weighted by molar-refractivity contribution is 9.10. The van der Waals surface area contributed by atoms with Crippen LogP contribution in [0, 0.1) is 0 Å². The van der Waals surface area contributed by atoms with Gasteiger partial charge in [-0.3, -0.25) is 9.59 Å². The van der Waals surface area contributed by atoms with E-state index in [0.717, 1.165) is 0 Å². The molecule has 0 spiro atoms. The number of carbonyl (C=O) groups is 2. The van der Waals surface area contributed by atoms with E-state index in [1.54, 1.807) is 25.8 Å². The minimum Gasteiger partial charge on any atom is -0.344 e. The molecule has 0 saturated carbocycles. The molecule has 2 atom stereocenters. The SMILES string of the molecule is CCN(C)C(=O)C(C)NC(=O)C(C)Br. The Morgan fingerprint density at radius 1 is 1.43 bits per heavy atom. The first-order valence-electron chi connectivity index (χ1n) is 4.59. The average molecular weight is 265 g/mol. The number of carbonyl (C=O) groups excluding carboxylic acids is 2. The molecular formula is C9H17BrN2O2. The summed E-state index contributed by atoms with van der Waals surface area (Å²) in [4.78, 5) is 24.1. The van der Waals surface area contributed by atoms with E-state index in [0.29, 0.717) is 6.54 Å². The van der Waals surface area contributed by atoms with Crippen LogP contribution < -0.4 is 5.32 Å². The van der Waals surface area contributed by atoms with E-state index < -0.39 is 6.04 Å². The number of hydrogen-bond donors (Lipinski definition) is 1. The van der Waals surface area contributed by atoms with E-state index in [1.807, 2.05) is 6.92 Å². The third kappa shape index (κ3) is 4.09. The Kier molecular flexibility index (Phi) is 5.76. The second-order valence-corrected chi connectivity index (χ2v) is 4.57. The third-order valence-electron chi connectivity index (χ3n) is 1.94. The van der Waals surface area contributed by atoms with Crippen molar-refractivity contribution in [1.82, 2.24) is 10.2 Å². The van der Waals surface area contributed by atoms with Gasteiger partial charge in [-0.15, -0.1) is 0 Å². The maximum atomic E-state index is 11.5. The first-order valence-corrected chi connectivity index (χ1v) is 5.51. The molecule has 0 bridgehead atoms. The summed E-state index contributed by atoms with van der Waals surface area (Å²) in [5.74, 6) is -0.246. The Morgan fingerprint density at radius 2 is 1.93 bits per heavy atom. The van der Waals surface area contributed by atoms with Crippen molar-refractivity contribution in [2.45, 2.75) is 31.6 Å². The summed E-state index contributed by atoms with van der Waals surface area (Å²) in [6.07, 6.45) is 0. The lowest BCUT2D eigenvalue weighted by molar-refractivity contribution is -0.134. The van der Waals surface area contributed by atoms with Crippen molar-refractivity contribution in [1.29, 1.82) is 0 Å². The summed E-state index contributed by atoms with van der Waals surface area (Å²) in [5, 5.41) is 2.62. The van der Waals surface area contributed by atoms with Crippen LogP contribution in [0.5, 0.6) is 0 Å². The average Bonchev–Trinajstić information content (AvgIpc) is 2.14. The van der Waals surface area contributed by atoms with Gasteiger partial charge in [-0.05, 0) is 20.8 Å². The van der Waals surface area contributed by atoms with Crippen molar-refractivity contribution in [3.63, 3.8) is 0 Å². The van der Waals surface area contributed by atoms with Crippen LogP contribution >= 0.6 is 15.9 Å². The summed E-state index contributed by atoms with van der Waals surface area (Å²) in [7, 11) is 1.71. The minimum absolute atomic E-state index is 0.0750. The summed E-state index contributed by atoms with van der Waals surface area (Å²) in [6.45, 7) is 5.93. The Bertz CT molecular complexity index is 219. The van der Waals surface area contributed by atoms with Gasteiger partial charge in [0.2, 0.25) is 11.8 Å². The predicted molar refractivity (Wildman–Crippen MR) is 59.3 cm³/mol. The lowest BCUT2D eigenvalue weighted by Gasteiger charge is -2.20. The van der Waals surface area contributed by atoms with E-state index in [4.69, 9.17) is 0 Å². The van der Waals surface area contributed by atoms with Crippen LogP contribution in [0.4, 0.5) is 0 Å². The number of rotatable bonds is 4. The van der Waals surface area contributed by atoms with Crippen molar-refractivity contribution >= 4 is 27.7 Å². The maximum absolute atomic E-state index is 11.5. The molecule has 1 N–H and O–H groups in total. The molecule has 82 valence electrons. The van der Waals surface area contributed by atoms with Crippen LogP contribution in [0.15, 0.2) is 0 Å². The summed E-state index contributed by atoms with van der Waals surface area (Å²) in [6, 6.07) is -0.465. The Balaban J connectivity index is 4.14. The van der Waals surface area contributed by atoms with Crippen molar-refractivity contribution < 1.29 is 9.59 Å². The fourth-order valence-electron chi connectivity index (χ4n) is 0.876. The van der Waals surface area contributed by atoms with Gasteiger partial charge in [0.25, 0.3) is 0 Å². The molecule has 0 radical (unpaired) electrons. The van der Waals surface area contributed by atoms with Gasteiger partial charge in [0.1, 0.15) is 6.04 Å². The summed E-state index contributed by atoms with van der Waals surface area (Å²) < 4.78 is 0. The zero-order chi connectivity index (χ0) is 11.3. The molecule has 2 amide bonds.